The number of ether oxygens (including phenoxy) is 1. The number of pyridine rings is 1. The first-order valence-electron chi connectivity index (χ1n) is 9.84. The van der Waals surface area contributed by atoms with Gasteiger partial charge in [0, 0.05) is 11.8 Å². The van der Waals surface area contributed by atoms with E-state index in [1.54, 1.807) is 23.0 Å². The molecule has 3 aromatic rings. The number of furan rings is 1. The van der Waals surface area contributed by atoms with Crippen LogP contribution >= 0.6 is 0 Å². The highest BCUT2D eigenvalue weighted by Gasteiger charge is 2.34. The monoisotopic (exact) mass is 401 g/mol. The summed E-state index contributed by atoms with van der Waals surface area (Å²) in [6.45, 7) is 6.37. The van der Waals surface area contributed by atoms with Crippen molar-refractivity contribution < 1.29 is 9.15 Å². The summed E-state index contributed by atoms with van der Waals surface area (Å²) in [6.07, 6.45) is 1.58. The van der Waals surface area contributed by atoms with Crippen LogP contribution < -0.4 is 16.0 Å². The van der Waals surface area contributed by atoms with E-state index in [2.05, 4.69) is 19.9 Å². The van der Waals surface area contributed by atoms with Gasteiger partial charge in [-0.3, -0.25) is 4.79 Å². The number of nitriles is 1. The first kappa shape index (κ1) is 19.6. The van der Waals surface area contributed by atoms with Gasteiger partial charge < -0.3 is 19.5 Å². The van der Waals surface area contributed by atoms with Crippen LogP contribution in [0.4, 0.5) is 0 Å². The van der Waals surface area contributed by atoms with E-state index in [1.807, 2.05) is 37.3 Å². The van der Waals surface area contributed by atoms with E-state index in [4.69, 9.17) is 14.9 Å². The second-order valence-corrected chi connectivity index (χ2v) is 7.78. The van der Waals surface area contributed by atoms with Crippen LogP contribution in [0.3, 0.4) is 0 Å². The molecule has 1 atom stereocenters. The van der Waals surface area contributed by atoms with Crippen LogP contribution in [0, 0.1) is 18.3 Å². The normalized spacial score (nSPS) is 15.6. The lowest BCUT2D eigenvalue weighted by Crippen LogP contribution is -2.33. The van der Waals surface area contributed by atoms with Crippen LogP contribution in [0.1, 0.15) is 53.8 Å². The predicted molar refractivity (Wildman–Crippen MR) is 113 cm³/mol. The van der Waals surface area contributed by atoms with Crippen LogP contribution in [0.2, 0.25) is 0 Å². The Labute approximate surface area is 174 Å². The Kier molecular flexibility index (Phi) is 4.96. The van der Waals surface area contributed by atoms with E-state index >= 15 is 0 Å². The fourth-order valence-electron chi connectivity index (χ4n) is 3.85. The lowest BCUT2D eigenvalue weighted by molar-refractivity contribution is 0.387. The summed E-state index contributed by atoms with van der Waals surface area (Å²) in [5.74, 6) is 0.889. The average molecular weight is 401 g/mol. The number of fused-ring (bicyclic) bond motifs is 1. The summed E-state index contributed by atoms with van der Waals surface area (Å²) < 4.78 is 12.8. The van der Waals surface area contributed by atoms with Crippen LogP contribution in [0.5, 0.6) is 5.75 Å². The second-order valence-electron chi connectivity index (χ2n) is 7.78. The molecule has 0 saturated heterocycles. The van der Waals surface area contributed by atoms with Gasteiger partial charge in [0.25, 0.3) is 5.56 Å². The van der Waals surface area contributed by atoms with E-state index in [0.717, 1.165) is 11.3 Å². The van der Waals surface area contributed by atoms with Crippen molar-refractivity contribution in [3.05, 3.63) is 98.7 Å². The summed E-state index contributed by atoms with van der Waals surface area (Å²) in [6, 6.07) is 15.5. The summed E-state index contributed by atoms with van der Waals surface area (Å²) >= 11 is 0. The van der Waals surface area contributed by atoms with Crippen molar-refractivity contribution in [1.29, 1.82) is 5.26 Å². The number of benzene rings is 1. The zero-order valence-corrected chi connectivity index (χ0v) is 17.2. The predicted octanol–water partition coefficient (Wildman–Crippen LogP) is 4.14. The van der Waals surface area contributed by atoms with Crippen molar-refractivity contribution in [2.75, 3.05) is 0 Å². The quantitative estimate of drug-likeness (QED) is 0.709. The molecular weight excluding hydrogens is 378 g/mol. The standard InChI is InChI=1S/C24H23N3O3/c1-14(2)16-6-8-17(9-7-16)21-19(12-25)23(26)30-20-11-15(3)27(24(28)22(20)21)13-18-5-4-10-29-18/h4-11,14,21H,13,26H2,1-3H3/t21-/m0/s1. The minimum Gasteiger partial charge on any atom is -0.467 e. The van der Waals surface area contributed by atoms with Crippen molar-refractivity contribution in [3.8, 4) is 11.8 Å². The first-order valence-corrected chi connectivity index (χ1v) is 9.84. The zero-order valence-electron chi connectivity index (χ0n) is 17.2. The zero-order chi connectivity index (χ0) is 21.4. The number of allylic oxidation sites excluding steroid dienone is 1. The summed E-state index contributed by atoms with van der Waals surface area (Å²) in [7, 11) is 0. The number of aromatic nitrogens is 1. The summed E-state index contributed by atoms with van der Waals surface area (Å²) in [4.78, 5) is 13.6. The van der Waals surface area contributed by atoms with Crippen LogP contribution in [-0.2, 0) is 6.54 Å². The summed E-state index contributed by atoms with van der Waals surface area (Å²) in [5.41, 5.74) is 9.23. The van der Waals surface area contributed by atoms with E-state index in [0.29, 0.717) is 29.5 Å². The van der Waals surface area contributed by atoms with Crippen LogP contribution in [0.25, 0.3) is 0 Å². The van der Waals surface area contributed by atoms with Crippen molar-refractivity contribution in [3.63, 3.8) is 0 Å². The Morgan fingerprint density at radius 1 is 1.23 bits per heavy atom. The second kappa shape index (κ2) is 7.60. The fraction of sp³-hybridized carbons (Fsp3) is 0.250. The number of rotatable bonds is 4. The van der Waals surface area contributed by atoms with Gasteiger partial charge in [0.2, 0.25) is 5.88 Å². The molecule has 0 radical (unpaired) electrons. The smallest absolute Gasteiger partial charge is 0.259 e. The minimum atomic E-state index is -0.587. The van der Waals surface area contributed by atoms with Crippen molar-refractivity contribution in [2.24, 2.45) is 5.73 Å². The van der Waals surface area contributed by atoms with Gasteiger partial charge in [-0.05, 0) is 36.1 Å². The topological polar surface area (TPSA) is 94.2 Å². The molecule has 1 aliphatic heterocycles. The maximum Gasteiger partial charge on any atom is 0.259 e. The molecule has 0 amide bonds. The molecule has 0 bridgehead atoms. The molecule has 0 fully saturated rings. The minimum absolute atomic E-state index is 0.0329. The lowest BCUT2D eigenvalue weighted by Gasteiger charge is -2.27. The molecule has 3 heterocycles. The van der Waals surface area contributed by atoms with Gasteiger partial charge in [-0.15, -0.1) is 0 Å². The van der Waals surface area contributed by atoms with E-state index in [1.165, 1.54) is 5.56 Å². The molecule has 0 saturated carbocycles. The first-order chi connectivity index (χ1) is 14.4. The van der Waals surface area contributed by atoms with Gasteiger partial charge in [0.15, 0.2) is 0 Å². The van der Waals surface area contributed by atoms with Gasteiger partial charge in [0.05, 0.1) is 24.3 Å². The van der Waals surface area contributed by atoms with Crippen LogP contribution in [-0.4, -0.2) is 4.57 Å². The molecule has 2 N–H and O–H groups in total. The maximum atomic E-state index is 13.6. The van der Waals surface area contributed by atoms with E-state index in [9.17, 15) is 10.1 Å². The molecular formula is C24H23N3O3. The number of nitrogens with two attached hydrogens (primary N) is 1. The van der Waals surface area contributed by atoms with Crippen molar-refractivity contribution in [2.45, 2.75) is 39.2 Å². The molecule has 30 heavy (non-hydrogen) atoms. The van der Waals surface area contributed by atoms with Crippen LogP contribution in [0.15, 0.2) is 69.4 Å². The molecule has 4 rings (SSSR count). The van der Waals surface area contributed by atoms with Gasteiger partial charge >= 0.3 is 0 Å². The molecule has 6 heteroatoms. The van der Waals surface area contributed by atoms with Gasteiger partial charge in [-0.1, -0.05) is 38.1 Å². The number of aryl methyl sites for hydroxylation is 1. The Morgan fingerprint density at radius 2 is 1.97 bits per heavy atom. The molecule has 0 unspecified atom stereocenters. The molecule has 1 aromatic carbocycles. The molecule has 2 aromatic heterocycles. The van der Waals surface area contributed by atoms with E-state index in [-0.39, 0.29) is 17.0 Å². The average Bonchev–Trinajstić information content (AvgIpc) is 3.23. The Bertz CT molecular complexity index is 1210. The largest absolute Gasteiger partial charge is 0.467 e. The third kappa shape index (κ3) is 3.29. The maximum absolute atomic E-state index is 13.6. The molecule has 6 nitrogen and oxygen atoms in total. The number of hydrogen-bond acceptors (Lipinski definition) is 5. The molecule has 0 aliphatic carbocycles. The highest BCUT2D eigenvalue weighted by molar-refractivity contribution is 5.55. The highest BCUT2D eigenvalue weighted by atomic mass is 16.5. The fourth-order valence-corrected chi connectivity index (χ4v) is 3.85. The van der Waals surface area contributed by atoms with Gasteiger partial charge in [-0.25, -0.2) is 0 Å². The highest BCUT2D eigenvalue weighted by Crippen LogP contribution is 2.40. The van der Waals surface area contributed by atoms with Crippen molar-refractivity contribution in [1.82, 2.24) is 4.57 Å². The number of nitrogens with zero attached hydrogens (tertiary/aromatic N) is 2. The molecule has 1 aliphatic rings. The van der Waals surface area contributed by atoms with Gasteiger partial charge in [-0.2, -0.15) is 5.26 Å². The third-order valence-electron chi connectivity index (χ3n) is 5.52. The Balaban J connectivity index is 1.90. The summed E-state index contributed by atoms with van der Waals surface area (Å²) in [5, 5.41) is 9.79. The number of hydrogen-bond donors (Lipinski definition) is 1. The molecule has 152 valence electrons. The molecule has 0 spiro atoms. The lowest BCUT2D eigenvalue weighted by atomic mass is 9.83. The van der Waals surface area contributed by atoms with Crippen molar-refractivity contribution >= 4 is 0 Å². The SMILES string of the molecule is Cc1cc2c(c(=O)n1Cc1ccco1)[C@@H](c1ccc(C(C)C)cc1)C(C#N)=C(N)O2. The Hall–Kier alpha value is -3.72. The van der Waals surface area contributed by atoms with Gasteiger partial charge in [0.1, 0.15) is 23.2 Å². The third-order valence-corrected chi connectivity index (χ3v) is 5.52. The Morgan fingerprint density at radius 3 is 2.57 bits per heavy atom. The van der Waals surface area contributed by atoms with E-state index < -0.39 is 5.92 Å².